The molecule has 2 aromatic rings. The Morgan fingerprint density at radius 2 is 2.00 bits per heavy atom. The van der Waals surface area contributed by atoms with Crippen molar-refractivity contribution in [2.24, 2.45) is 0 Å². The maximum Gasteiger partial charge on any atom is 0.416 e. The maximum atomic E-state index is 14.1. The molecule has 25 heavy (non-hydrogen) atoms. The molecule has 3 nitrogen and oxygen atoms in total. The van der Waals surface area contributed by atoms with Crippen molar-refractivity contribution in [2.45, 2.75) is 11.4 Å². The van der Waals surface area contributed by atoms with Gasteiger partial charge in [0.05, 0.1) is 10.6 Å². The monoisotopic (exact) mass is 391 g/mol. The van der Waals surface area contributed by atoms with E-state index in [2.05, 4.69) is 5.32 Å². The fourth-order valence-electron chi connectivity index (χ4n) is 2.50. The molecule has 0 saturated carbocycles. The van der Waals surface area contributed by atoms with Crippen LogP contribution in [0.25, 0.3) is 0 Å². The Hall–Kier alpha value is -1.93. The first kappa shape index (κ1) is 17.9. The highest BCUT2D eigenvalue weighted by Gasteiger charge is 2.35. The molecule has 0 fully saturated rings. The third-order valence-electron chi connectivity index (χ3n) is 3.60. The van der Waals surface area contributed by atoms with Crippen molar-refractivity contribution in [1.82, 2.24) is 0 Å². The molecule has 1 unspecified atom stereocenters. The first-order valence-electron chi connectivity index (χ1n) is 6.93. The van der Waals surface area contributed by atoms with Crippen LogP contribution in [-0.2, 0) is 11.0 Å². The zero-order valence-electron chi connectivity index (χ0n) is 12.6. The molecule has 0 spiro atoms. The van der Waals surface area contributed by atoms with E-state index in [9.17, 15) is 22.4 Å². The Morgan fingerprint density at radius 1 is 1.28 bits per heavy atom. The number of fused-ring (bicyclic) bond motifs is 1. The van der Waals surface area contributed by atoms with Crippen LogP contribution >= 0.6 is 23.4 Å². The molecule has 0 radical (unpaired) electrons. The number of amides is 1. The number of alkyl halides is 3. The normalized spacial score (nSPS) is 16.6. The molecule has 2 aromatic carbocycles. The third kappa shape index (κ3) is 3.28. The van der Waals surface area contributed by atoms with E-state index >= 15 is 0 Å². The molecule has 132 valence electrons. The zero-order chi connectivity index (χ0) is 18.4. The predicted molar refractivity (Wildman–Crippen MR) is 87.8 cm³/mol. The molecule has 0 aliphatic carbocycles. The van der Waals surface area contributed by atoms with Crippen molar-refractivity contribution >= 4 is 35.0 Å². The minimum absolute atomic E-state index is 0.149. The van der Waals surface area contributed by atoms with Crippen molar-refractivity contribution in [1.29, 1.82) is 0 Å². The lowest BCUT2D eigenvalue weighted by atomic mass is 10.1. The van der Waals surface area contributed by atoms with Crippen LogP contribution in [0.1, 0.15) is 16.4 Å². The molecule has 1 aliphatic rings. The second-order valence-corrected chi connectivity index (χ2v) is 6.54. The number of carbonyl (C=O) groups excluding carboxylic acids is 1. The Kier molecular flexibility index (Phi) is 4.59. The summed E-state index contributed by atoms with van der Waals surface area (Å²) in [5, 5.41) is 1.59. The molecule has 9 heteroatoms. The minimum Gasteiger partial charge on any atom is -0.452 e. The molecule has 0 saturated heterocycles. The lowest BCUT2D eigenvalue weighted by Gasteiger charge is -2.15. The van der Waals surface area contributed by atoms with Crippen LogP contribution < -0.4 is 10.1 Å². The van der Waals surface area contributed by atoms with Crippen molar-refractivity contribution in [3.05, 3.63) is 52.3 Å². The van der Waals surface area contributed by atoms with E-state index in [-0.39, 0.29) is 11.7 Å². The highest BCUT2D eigenvalue weighted by Crippen LogP contribution is 2.47. The molecule has 1 N–H and O–H groups in total. The minimum atomic E-state index is -4.72. The van der Waals surface area contributed by atoms with Gasteiger partial charge in [0.25, 0.3) is 0 Å². The second kappa shape index (κ2) is 6.42. The lowest BCUT2D eigenvalue weighted by molar-refractivity contribution is -0.137. The van der Waals surface area contributed by atoms with Gasteiger partial charge in [-0.25, -0.2) is 4.39 Å². The summed E-state index contributed by atoms with van der Waals surface area (Å²) >= 11 is 7.04. The Labute approximate surface area is 149 Å². The highest BCUT2D eigenvalue weighted by molar-refractivity contribution is 7.99. The van der Waals surface area contributed by atoms with Crippen LogP contribution in [0.4, 0.5) is 23.2 Å². The van der Waals surface area contributed by atoms with E-state index in [4.69, 9.17) is 16.3 Å². The Morgan fingerprint density at radius 3 is 2.60 bits per heavy atom. The van der Waals surface area contributed by atoms with Crippen molar-refractivity contribution in [3.8, 4) is 11.5 Å². The lowest BCUT2D eigenvalue weighted by Crippen LogP contribution is -2.08. The van der Waals surface area contributed by atoms with Gasteiger partial charge in [0.1, 0.15) is 11.0 Å². The largest absolute Gasteiger partial charge is 0.452 e. The fourth-order valence-corrected chi connectivity index (χ4v) is 3.50. The zero-order valence-corrected chi connectivity index (χ0v) is 14.2. The van der Waals surface area contributed by atoms with E-state index in [0.29, 0.717) is 23.4 Å². The topological polar surface area (TPSA) is 38.3 Å². The number of halogens is 5. The number of rotatable bonds is 3. The van der Waals surface area contributed by atoms with E-state index in [1.54, 1.807) is 18.4 Å². The molecule has 1 heterocycles. The number of thioether (sulfide) groups is 1. The Balaban J connectivity index is 2.03. The number of hydrogen-bond acceptors (Lipinski definition) is 3. The Bertz CT molecular complexity index is 834. The van der Waals surface area contributed by atoms with Gasteiger partial charge in [-0.1, -0.05) is 17.7 Å². The van der Waals surface area contributed by atoms with Crippen LogP contribution in [-0.4, -0.2) is 12.2 Å². The molecular formula is C16H10ClF4NO2S. The van der Waals surface area contributed by atoms with E-state index in [1.165, 1.54) is 17.8 Å². The standard InChI is InChI=1S/C16H10ClF4NO2S/c1-25-14-12-10(22-15(14)23)3-2-4-11(12)24-13-8(17)5-7(6-9(13)18)16(19,20)21/h2-6,14H,1H3,(H,22,23). The summed E-state index contributed by atoms with van der Waals surface area (Å²) in [5.41, 5.74) is -0.208. The molecule has 0 bridgehead atoms. The van der Waals surface area contributed by atoms with Gasteiger partial charge in [0.2, 0.25) is 5.91 Å². The predicted octanol–water partition coefficient (Wildman–Crippen LogP) is 5.65. The van der Waals surface area contributed by atoms with Gasteiger partial charge in [0, 0.05) is 11.3 Å². The molecular weight excluding hydrogens is 382 g/mol. The number of ether oxygens (including phenoxy) is 1. The summed E-state index contributed by atoms with van der Waals surface area (Å²) in [4.78, 5) is 11.9. The molecule has 0 aromatic heterocycles. The van der Waals surface area contributed by atoms with Gasteiger partial charge in [-0.05, 0) is 30.5 Å². The maximum absolute atomic E-state index is 14.1. The van der Waals surface area contributed by atoms with Gasteiger partial charge in [-0.2, -0.15) is 13.2 Å². The quantitative estimate of drug-likeness (QED) is 0.687. The highest BCUT2D eigenvalue weighted by atomic mass is 35.5. The van der Waals surface area contributed by atoms with Crippen molar-refractivity contribution in [2.75, 3.05) is 11.6 Å². The number of benzene rings is 2. The summed E-state index contributed by atoms with van der Waals surface area (Å²) in [6, 6.07) is 5.64. The van der Waals surface area contributed by atoms with Gasteiger partial charge in [0.15, 0.2) is 11.6 Å². The van der Waals surface area contributed by atoms with E-state index in [1.807, 2.05) is 0 Å². The first-order chi connectivity index (χ1) is 11.7. The molecule has 1 amide bonds. The van der Waals surface area contributed by atoms with Crippen LogP contribution in [0.2, 0.25) is 5.02 Å². The van der Waals surface area contributed by atoms with Gasteiger partial charge < -0.3 is 10.1 Å². The number of carbonyl (C=O) groups is 1. The van der Waals surface area contributed by atoms with Crippen molar-refractivity contribution < 1.29 is 27.1 Å². The van der Waals surface area contributed by atoms with Crippen LogP contribution in [0, 0.1) is 5.82 Å². The van der Waals surface area contributed by atoms with Crippen LogP contribution in [0.5, 0.6) is 11.5 Å². The summed E-state index contributed by atoms with van der Waals surface area (Å²) in [6.45, 7) is 0. The van der Waals surface area contributed by atoms with E-state index < -0.39 is 33.6 Å². The van der Waals surface area contributed by atoms with E-state index in [0.717, 1.165) is 0 Å². The first-order valence-corrected chi connectivity index (χ1v) is 8.59. The van der Waals surface area contributed by atoms with Gasteiger partial charge >= 0.3 is 6.18 Å². The number of anilines is 1. The van der Waals surface area contributed by atoms with Crippen molar-refractivity contribution in [3.63, 3.8) is 0 Å². The third-order valence-corrected chi connectivity index (χ3v) is 4.80. The summed E-state index contributed by atoms with van der Waals surface area (Å²) < 4.78 is 57.7. The van der Waals surface area contributed by atoms with Crippen LogP contribution in [0.3, 0.4) is 0 Å². The fraction of sp³-hybridized carbons (Fsp3) is 0.188. The summed E-state index contributed by atoms with van der Waals surface area (Å²) in [7, 11) is 0. The second-order valence-electron chi connectivity index (χ2n) is 5.19. The van der Waals surface area contributed by atoms with Gasteiger partial charge in [-0.3, -0.25) is 4.79 Å². The summed E-state index contributed by atoms with van der Waals surface area (Å²) in [5.74, 6) is -1.87. The van der Waals surface area contributed by atoms with Crippen LogP contribution in [0.15, 0.2) is 30.3 Å². The number of hydrogen-bond donors (Lipinski definition) is 1. The number of nitrogens with one attached hydrogen (secondary N) is 1. The summed E-state index contributed by atoms with van der Waals surface area (Å²) in [6.07, 6.45) is -3.00. The molecule has 1 aliphatic heterocycles. The molecule has 1 atom stereocenters. The smallest absolute Gasteiger partial charge is 0.416 e. The van der Waals surface area contributed by atoms with Gasteiger partial charge in [-0.15, -0.1) is 11.8 Å². The average molecular weight is 392 g/mol. The SMILES string of the molecule is CSC1C(=O)Nc2cccc(Oc3c(F)cc(C(F)(F)F)cc3Cl)c21. The molecule has 3 rings (SSSR count). The average Bonchev–Trinajstić information content (AvgIpc) is 2.85.